The highest BCUT2D eigenvalue weighted by molar-refractivity contribution is 6.32. The molecule has 5 nitrogen and oxygen atoms in total. The van der Waals surface area contributed by atoms with Crippen LogP contribution < -0.4 is 20.5 Å². The lowest BCUT2D eigenvalue weighted by atomic mass is 10.2. The number of hydrogen-bond acceptors (Lipinski definition) is 4. The zero-order chi connectivity index (χ0) is 13.5. The van der Waals surface area contributed by atoms with Crippen LogP contribution in [0.4, 0.5) is 0 Å². The van der Waals surface area contributed by atoms with Crippen molar-refractivity contribution in [2.75, 3.05) is 20.8 Å². The summed E-state index contributed by atoms with van der Waals surface area (Å²) in [7, 11) is 3.38. The van der Waals surface area contributed by atoms with Crippen molar-refractivity contribution in [1.29, 1.82) is 0 Å². The SMILES string of the molecule is CNCc1cc(Cl)c(OCCC(N)=O)c(OC)c1. The zero-order valence-electron chi connectivity index (χ0n) is 10.5. The molecule has 3 N–H and O–H groups in total. The van der Waals surface area contributed by atoms with Gasteiger partial charge in [-0.2, -0.15) is 0 Å². The average Bonchev–Trinajstić information content (AvgIpc) is 2.31. The second-order valence-corrected chi connectivity index (χ2v) is 4.11. The third-order valence-electron chi connectivity index (χ3n) is 2.26. The highest BCUT2D eigenvalue weighted by atomic mass is 35.5. The molecule has 0 saturated heterocycles. The van der Waals surface area contributed by atoms with Crippen LogP contribution >= 0.6 is 11.6 Å². The summed E-state index contributed by atoms with van der Waals surface area (Å²) in [6, 6.07) is 3.63. The summed E-state index contributed by atoms with van der Waals surface area (Å²) in [6.45, 7) is 0.856. The van der Waals surface area contributed by atoms with Gasteiger partial charge in [0, 0.05) is 6.54 Å². The number of nitrogens with one attached hydrogen (secondary N) is 1. The number of carbonyl (C=O) groups excluding carboxylic acids is 1. The maximum absolute atomic E-state index is 10.6. The lowest BCUT2D eigenvalue weighted by Crippen LogP contribution is -2.15. The van der Waals surface area contributed by atoms with E-state index in [9.17, 15) is 4.79 Å². The minimum Gasteiger partial charge on any atom is -0.493 e. The Morgan fingerprint density at radius 1 is 1.50 bits per heavy atom. The van der Waals surface area contributed by atoms with Gasteiger partial charge in [0.1, 0.15) is 0 Å². The summed E-state index contributed by atoms with van der Waals surface area (Å²) < 4.78 is 10.6. The van der Waals surface area contributed by atoms with E-state index in [1.807, 2.05) is 13.1 Å². The minimum atomic E-state index is -0.420. The fraction of sp³-hybridized carbons (Fsp3) is 0.417. The Bertz CT molecular complexity index is 424. The molecule has 0 aliphatic carbocycles. The predicted octanol–water partition coefficient (Wildman–Crippen LogP) is 1.32. The molecule has 0 aliphatic heterocycles. The number of amides is 1. The molecular formula is C12H17ClN2O3. The largest absolute Gasteiger partial charge is 0.493 e. The van der Waals surface area contributed by atoms with Crippen LogP contribution in [-0.4, -0.2) is 26.7 Å². The van der Waals surface area contributed by atoms with E-state index in [-0.39, 0.29) is 13.0 Å². The van der Waals surface area contributed by atoms with Crippen molar-refractivity contribution in [3.63, 3.8) is 0 Å². The van der Waals surface area contributed by atoms with Crippen LogP contribution in [0.25, 0.3) is 0 Å². The number of benzene rings is 1. The van der Waals surface area contributed by atoms with E-state index in [0.29, 0.717) is 23.1 Å². The number of ether oxygens (including phenoxy) is 2. The number of halogens is 1. The average molecular weight is 273 g/mol. The van der Waals surface area contributed by atoms with Crippen LogP contribution in [0.1, 0.15) is 12.0 Å². The van der Waals surface area contributed by atoms with Crippen LogP contribution in [0.15, 0.2) is 12.1 Å². The lowest BCUT2D eigenvalue weighted by Gasteiger charge is -2.13. The molecule has 0 saturated carbocycles. The van der Waals surface area contributed by atoms with E-state index in [2.05, 4.69) is 5.32 Å². The van der Waals surface area contributed by atoms with Gasteiger partial charge in [-0.15, -0.1) is 0 Å². The first-order valence-corrected chi connectivity index (χ1v) is 5.88. The van der Waals surface area contributed by atoms with E-state index >= 15 is 0 Å². The van der Waals surface area contributed by atoms with E-state index in [1.54, 1.807) is 6.07 Å². The maximum Gasteiger partial charge on any atom is 0.220 e. The molecule has 0 heterocycles. The molecule has 0 bridgehead atoms. The Kier molecular flexibility index (Phi) is 5.74. The number of carbonyl (C=O) groups is 1. The highest BCUT2D eigenvalue weighted by Crippen LogP contribution is 2.36. The van der Waals surface area contributed by atoms with Crippen molar-refractivity contribution >= 4 is 17.5 Å². The maximum atomic E-state index is 10.6. The lowest BCUT2D eigenvalue weighted by molar-refractivity contribution is -0.118. The van der Waals surface area contributed by atoms with Crippen molar-refractivity contribution < 1.29 is 14.3 Å². The van der Waals surface area contributed by atoms with Crippen molar-refractivity contribution in [3.8, 4) is 11.5 Å². The Morgan fingerprint density at radius 2 is 2.22 bits per heavy atom. The van der Waals surface area contributed by atoms with Crippen molar-refractivity contribution in [2.45, 2.75) is 13.0 Å². The molecule has 100 valence electrons. The summed E-state index contributed by atoms with van der Waals surface area (Å²) in [5, 5.41) is 3.47. The predicted molar refractivity (Wildman–Crippen MR) is 70.1 cm³/mol. The first kappa shape index (κ1) is 14.6. The first-order valence-electron chi connectivity index (χ1n) is 5.50. The smallest absolute Gasteiger partial charge is 0.220 e. The van der Waals surface area contributed by atoms with Crippen LogP contribution in [0.2, 0.25) is 5.02 Å². The molecule has 6 heteroatoms. The number of rotatable bonds is 7. The van der Waals surface area contributed by atoms with E-state index in [0.717, 1.165) is 5.56 Å². The molecule has 1 aromatic carbocycles. The number of methoxy groups -OCH3 is 1. The molecule has 1 rings (SSSR count). The highest BCUT2D eigenvalue weighted by Gasteiger charge is 2.12. The van der Waals surface area contributed by atoms with E-state index in [1.165, 1.54) is 7.11 Å². The molecule has 0 radical (unpaired) electrons. The quantitative estimate of drug-likeness (QED) is 0.785. The Hall–Kier alpha value is -1.46. The molecule has 1 aromatic rings. The molecule has 0 spiro atoms. The number of primary amides is 1. The molecule has 0 aliphatic rings. The fourth-order valence-electron chi connectivity index (χ4n) is 1.47. The molecular weight excluding hydrogens is 256 g/mol. The fourth-order valence-corrected chi connectivity index (χ4v) is 1.76. The van der Waals surface area contributed by atoms with Gasteiger partial charge in [-0.25, -0.2) is 0 Å². The van der Waals surface area contributed by atoms with E-state index in [4.69, 9.17) is 26.8 Å². The van der Waals surface area contributed by atoms with E-state index < -0.39 is 5.91 Å². The van der Waals surface area contributed by atoms with Gasteiger partial charge in [-0.05, 0) is 24.7 Å². The van der Waals surface area contributed by atoms with Gasteiger partial charge in [0.2, 0.25) is 5.91 Å². The Balaban J connectivity index is 2.85. The van der Waals surface area contributed by atoms with Gasteiger partial charge in [0.25, 0.3) is 0 Å². The number of hydrogen-bond donors (Lipinski definition) is 2. The normalized spacial score (nSPS) is 10.2. The summed E-state index contributed by atoms with van der Waals surface area (Å²) in [4.78, 5) is 10.6. The van der Waals surface area contributed by atoms with Gasteiger partial charge < -0.3 is 20.5 Å². The van der Waals surface area contributed by atoms with Gasteiger partial charge in [-0.1, -0.05) is 11.6 Å². The third-order valence-corrected chi connectivity index (χ3v) is 2.55. The summed E-state index contributed by atoms with van der Waals surface area (Å²) >= 11 is 6.12. The van der Waals surface area contributed by atoms with Crippen LogP contribution in [0.3, 0.4) is 0 Å². The minimum absolute atomic E-state index is 0.137. The second kappa shape index (κ2) is 7.08. The van der Waals surface area contributed by atoms with Gasteiger partial charge in [0.15, 0.2) is 11.5 Å². The van der Waals surface area contributed by atoms with Crippen LogP contribution in [-0.2, 0) is 11.3 Å². The third kappa shape index (κ3) is 4.09. The second-order valence-electron chi connectivity index (χ2n) is 3.70. The zero-order valence-corrected chi connectivity index (χ0v) is 11.2. The Morgan fingerprint density at radius 3 is 2.78 bits per heavy atom. The molecule has 0 unspecified atom stereocenters. The van der Waals surface area contributed by atoms with Gasteiger partial charge in [-0.3, -0.25) is 4.79 Å². The molecule has 0 aromatic heterocycles. The molecule has 0 fully saturated rings. The molecule has 0 atom stereocenters. The summed E-state index contributed by atoms with van der Waals surface area (Å²) in [6.07, 6.45) is 0.137. The molecule has 1 amide bonds. The monoisotopic (exact) mass is 272 g/mol. The van der Waals surface area contributed by atoms with Crippen LogP contribution in [0, 0.1) is 0 Å². The first-order chi connectivity index (χ1) is 8.58. The summed E-state index contributed by atoms with van der Waals surface area (Å²) in [5.41, 5.74) is 6.03. The van der Waals surface area contributed by atoms with Crippen LogP contribution in [0.5, 0.6) is 11.5 Å². The number of nitrogens with two attached hydrogens (primary N) is 1. The Labute approximate surface area is 111 Å². The van der Waals surface area contributed by atoms with Crippen molar-refractivity contribution in [1.82, 2.24) is 5.32 Å². The standard InChI is InChI=1S/C12H17ClN2O3/c1-15-7-8-5-9(13)12(10(6-8)17-2)18-4-3-11(14)16/h5-6,15H,3-4,7H2,1-2H3,(H2,14,16). The van der Waals surface area contributed by atoms with Crippen molar-refractivity contribution in [2.24, 2.45) is 5.73 Å². The van der Waals surface area contributed by atoms with Crippen molar-refractivity contribution in [3.05, 3.63) is 22.7 Å². The van der Waals surface area contributed by atoms with Gasteiger partial charge >= 0.3 is 0 Å². The topological polar surface area (TPSA) is 73.6 Å². The summed E-state index contributed by atoms with van der Waals surface area (Å²) in [5.74, 6) is 0.550. The molecule has 18 heavy (non-hydrogen) atoms. The van der Waals surface area contributed by atoms with Gasteiger partial charge in [0.05, 0.1) is 25.2 Å².